The molecule has 1 saturated heterocycles. The second kappa shape index (κ2) is 10.9. The minimum Gasteiger partial charge on any atom is -0.394 e. The van der Waals surface area contributed by atoms with Crippen LogP contribution in [-0.2, 0) is 14.4 Å². The van der Waals surface area contributed by atoms with Crippen LogP contribution in [0.5, 0.6) is 0 Å². The van der Waals surface area contributed by atoms with Gasteiger partial charge in [-0.1, -0.05) is 63.1 Å². The number of hydrogen-bond donors (Lipinski definition) is 3. The molecule has 34 heavy (non-hydrogen) atoms. The number of hydrogen-bond acceptors (Lipinski definition) is 4. The van der Waals surface area contributed by atoms with E-state index in [-0.39, 0.29) is 36.2 Å². The molecular formula is C26H36ClN3O4. The SMILES string of the molecule is CC[C@H](C)[C@H](CO)N1C(=O)[C@@H]2[C@H](C=C[C@@H](CC)[C@H]2C(=O)NC)[C@H]1C(=O)Nc1c(C)cccc1Cl. The van der Waals surface area contributed by atoms with Crippen LogP contribution in [0.4, 0.5) is 5.69 Å². The number of halogens is 1. The number of aryl methyl sites for hydroxylation is 1. The molecule has 1 aliphatic carbocycles. The summed E-state index contributed by atoms with van der Waals surface area (Å²) in [4.78, 5) is 42.2. The van der Waals surface area contributed by atoms with Gasteiger partial charge in [0.05, 0.1) is 35.2 Å². The maximum absolute atomic E-state index is 13.9. The Morgan fingerprint density at radius 2 is 1.91 bits per heavy atom. The van der Waals surface area contributed by atoms with Gasteiger partial charge in [-0.3, -0.25) is 14.4 Å². The van der Waals surface area contributed by atoms with E-state index < -0.39 is 29.8 Å². The monoisotopic (exact) mass is 489 g/mol. The number of likely N-dealkylation sites (tertiary alicyclic amines) is 1. The Kier molecular flexibility index (Phi) is 8.42. The highest BCUT2D eigenvalue weighted by Crippen LogP contribution is 2.46. The Morgan fingerprint density at radius 1 is 1.21 bits per heavy atom. The zero-order chi connectivity index (χ0) is 25.2. The van der Waals surface area contributed by atoms with Crippen LogP contribution in [0.25, 0.3) is 0 Å². The molecule has 8 heteroatoms. The number of para-hydroxylation sites is 1. The van der Waals surface area contributed by atoms with Crippen molar-refractivity contribution in [3.63, 3.8) is 0 Å². The number of rotatable bonds is 8. The zero-order valence-electron chi connectivity index (χ0n) is 20.5. The number of fused-ring (bicyclic) bond motifs is 1. The summed E-state index contributed by atoms with van der Waals surface area (Å²) in [6.45, 7) is 7.53. The lowest BCUT2D eigenvalue weighted by molar-refractivity contribution is -0.143. The standard InChI is InChI=1S/C26H36ClN3O4/c1-6-14(3)19(13-31)30-23(25(33)29-22-15(4)9-8-10-18(22)27)17-12-11-16(7-2)20(24(32)28-5)21(17)26(30)34/h8-12,14,16-17,19-21,23,31H,6-7,13H2,1-5H3,(H,28,32)(H,29,33)/t14-,16+,17-,19-,20+,21+,23-/m0/s1. The summed E-state index contributed by atoms with van der Waals surface area (Å²) in [5.74, 6) is -2.69. The minimum atomic E-state index is -0.861. The molecule has 1 aromatic carbocycles. The first kappa shape index (κ1) is 26.2. The van der Waals surface area contributed by atoms with E-state index in [4.69, 9.17) is 11.6 Å². The van der Waals surface area contributed by atoms with E-state index in [1.165, 1.54) is 0 Å². The molecule has 0 aromatic heterocycles. The van der Waals surface area contributed by atoms with Crippen LogP contribution in [0.3, 0.4) is 0 Å². The van der Waals surface area contributed by atoms with Crippen LogP contribution < -0.4 is 10.6 Å². The highest BCUT2D eigenvalue weighted by atomic mass is 35.5. The molecule has 3 amide bonds. The quantitative estimate of drug-likeness (QED) is 0.487. The molecule has 1 aromatic rings. The number of allylic oxidation sites excluding steroid dienone is 1. The summed E-state index contributed by atoms with van der Waals surface area (Å²) >= 11 is 6.36. The summed E-state index contributed by atoms with van der Waals surface area (Å²) in [6.07, 6.45) is 5.32. The normalized spacial score (nSPS) is 27.8. The number of benzene rings is 1. The second-order valence-corrected chi connectivity index (χ2v) is 9.85. The van der Waals surface area contributed by atoms with E-state index in [9.17, 15) is 19.5 Å². The van der Waals surface area contributed by atoms with Crippen LogP contribution in [0.2, 0.25) is 5.02 Å². The number of aliphatic hydroxyl groups is 1. The first-order valence-electron chi connectivity index (χ1n) is 12.1. The van der Waals surface area contributed by atoms with E-state index in [0.717, 1.165) is 12.0 Å². The lowest BCUT2D eigenvalue weighted by Gasteiger charge is -2.36. The number of nitrogens with one attached hydrogen (secondary N) is 2. The van der Waals surface area contributed by atoms with Crippen LogP contribution in [0.1, 0.15) is 39.2 Å². The van der Waals surface area contributed by atoms with Gasteiger partial charge in [0.25, 0.3) is 0 Å². The largest absolute Gasteiger partial charge is 0.394 e. The van der Waals surface area contributed by atoms with E-state index >= 15 is 0 Å². The van der Waals surface area contributed by atoms with Gasteiger partial charge in [-0.05, 0) is 36.8 Å². The molecule has 1 fully saturated rings. The van der Waals surface area contributed by atoms with Gasteiger partial charge in [-0.25, -0.2) is 0 Å². The summed E-state index contributed by atoms with van der Waals surface area (Å²) in [7, 11) is 1.57. The molecule has 7 nitrogen and oxygen atoms in total. The molecule has 7 atom stereocenters. The Bertz CT molecular complexity index is 945. The van der Waals surface area contributed by atoms with E-state index in [0.29, 0.717) is 17.1 Å². The summed E-state index contributed by atoms with van der Waals surface area (Å²) in [6, 6.07) is 3.97. The molecule has 1 heterocycles. The molecule has 186 valence electrons. The Balaban J connectivity index is 2.10. The lowest BCUT2D eigenvalue weighted by Crippen LogP contribution is -2.52. The molecule has 1 aliphatic heterocycles. The van der Waals surface area contributed by atoms with Gasteiger partial charge >= 0.3 is 0 Å². The molecular weight excluding hydrogens is 454 g/mol. The van der Waals surface area contributed by atoms with Gasteiger partial charge < -0.3 is 20.6 Å². The molecule has 3 N–H and O–H groups in total. The van der Waals surface area contributed by atoms with Crippen LogP contribution in [0.15, 0.2) is 30.4 Å². The van der Waals surface area contributed by atoms with Gasteiger partial charge in [0, 0.05) is 13.0 Å². The number of nitrogens with zero attached hydrogens (tertiary/aromatic N) is 1. The van der Waals surface area contributed by atoms with Crippen molar-refractivity contribution in [3.8, 4) is 0 Å². The predicted octanol–water partition coefficient (Wildman–Crippen LogP) is 3.40. The van der Waals surface area contributed by atoms with Crippen LogP contribution in [0, 0.1) is 36.5 Å². The first-order valence-corrected chi connectivity index (χ1v) is 12.5. The summed E-state index contributed by atoms with van der Waals surface area (Å²) < 4.78 is 0. The van der Waals surface area contributed by atoms with Gasteiger partial charge in [0.2, 0.25) is 17.7 Å². The van der Waals surface area contributed by atoms with Crippen molar-refractivity contribution in [3.05, 3.63) is 40.9 Å². The Hall–Kier alpha value is -2.38. The summed E-state index contributed by atoms with van der Waals surface area (Å²) in [5, 5.41) is 16.4. The highest BCUT2D eigenvalue weighted by molar-refractivity contribution is 6.34. The number of carbonyl (C=O) groups excluding carboxylic acids is 3. The minimum absolute atomic E-state index is 0.0316. The van der Waals surface area contributed by atoms with Crippen molar-refractivity contribution in [2.75, 3.05) is 19.0 Å². The van der Waals surface area contributed by atoms with Crippen molar-refractivity contribution in [2.24, 2.45) is 29.6 Å². The Labute approximate surface area is 206 Å². The molecule has 0 saturated carbocycles. The van der Waals surface area contributed by atoms with Crippen molar-refractivity contribution in [2.45, 2.75) is 52.6 Å². The van der Waals surface area contributed by atoms with Gasteiger partial charge in [0.15, 0.2) is 0 Å². The maximum Gasteiger partial charge on any atom is 0.247 e. The third-order valence-corrected chi connectivity index (χ3v) is 7.97. The van der Waals surface area contributed by atoms with E-state index in [1.54, 1.807) is 18.0 Å². The van der Waals surface area contributed by atoms with Crippen molar-refractivity contribution in [1.82, 2.24) is 10.2 Å². The topological polar surface area (TPSA) is 98.7 Å². The third-order valence-electron chi connectivity index (χ3n) is 7.65. The zero-order valence-corrected chi connectivity index (χ0v) is 21.3. The van der Waals surface area contributed by atoms with Gasteiger partial charge in [-0.15, -0.1) is 0 Å². The number of anilines is 1. The number of amides is 3. The summed E-state index contributed by atoms with van der Waals surface area (Å²) in [5.41, 5.74) is 1.31. The fourth-order valence-corrected chi connectivity index (χ4v) is 5.79. The molecule has 0 unspecified atom stereocenters. The Morgan fingerprint density at radius 3 is 2.47 bits per heavy atom. The van der Waals surface area contributed by atoms with Crippen LogP contribution in [-0.4, -0.2) is 53.5 Å². The number of aliphatic hydroxyl groups excluding tert-OH is 1. The highest BCUT2D eigenvalue weighted by Gasteiger charge is 2.58. The molecule has 0 radical (unpaired) electrons. The van der Waals surface area contributed by atoms with E-state index in [2.05, 4.69) is 10.6 Å². The first-order chi connectivity index (χ1) is 16.2. The molecule has 2 aliphatic rings. The van der Waals surface area contributed by atoms with Gasteiger partial charge in [0.1, 0.15) is 6.04 Å². The smallest absolute Gasteiger partial charge is 0.247 e. The van der Waals surface area contributed by atoms with Crippen molar-refractivity contribution in [1.29, 1.82) is 0 Å². The third kappa shape index (κ3) is 4.60. The maximum atomic E-state index is 13.9. The lowest BCUT2D eigenvalue weighted by atomic mass is 9.69. The van der Waals surface area contributed by atoms with Crippen molar-refractivity contribution >= 4 is 35.0 Å². The molecule has 3 rings (SSSR count). The van der Waals surface area contributed by atoms with Crippen LogP contribution >= 0.6 is 11.6 Å². The average molecular weight is 490 g/mol. The van der Waals surface area contributed by atoms with E-state index in [1.807, 2.05) is 52.0 Å². The fourth-order valence-electron chi connectivity index (χ4n) is 5.52. The molecule has 0 bridgehead atoms. The average Bonchev–Trinajstić information content (AvgIpc) is 3.12. The number of carbonyl (C=O) groups is 3. The van der Waals surface area contributed by atoms with Crippen molar-refractivity contribution < 1.29 is 19.5 Å². The van der Waals surface area contributed by atoms with Gasteiger partial charge in [-0.2, -0.15) is 0 Å². The molecule has 0 spiro atoms. The predicted molar refractivity (Wildman–Crippen MR) is 133 cm³/mol. The fraction of sp³-hybridized carbons (Fsp3) is 0.577. The second-order valence-electron chi connectivity index (χ2n) is 9.45.